The third-order valence-corrected chi connectivity index (χ3v) is 6.80. The predicted octanol–water partition coefficient (Wildman–Crippen LogP) is 1.26. The molecule has 0 spiro atoms. The van der Waals surface area contributed by atoms with E-state index in [-0.39, 0.29) is 10.7 Å². The molecule has 3 aromatic rings. The van der Waals surface area contributed by atoms with Crippen molar-refractivity contribution in [1.82, 2.24) is 19.8 Å². The van der Waals surface area contributed by atoms with Crippen LogP contribution in [0.2, 0.25) is 0 Å². The highest BCUT2D eigenvalue weighted by molar-refractivity contribution is 7.89. The molecule has 1 aromatic heterocycles. The standard InChI is InChI=1S/C19H19N5O4S/c25-19(22-26)18-20-12-16(13-21-18)23-7-9-24(10-8-23)29(27,28)17-6-5-14-3-1-2-4-15(14)11-17/h1-6,11-13,26H,7-10H2,(H,22,25). The minimum Gasteiger partial charge on any atom is -0.366 e. The number of hydroxylamine groups is 1. The van der Waals surface area contributed by atoms with E-state index in [1.54, 1.807) is 12.1 Å². The van der Waals surface area contributed by atoms with E-state index in [4.69, 9.17) is 5.21 Å². The highest BCUT2D eigenvalue weighted by Gasteiger charge is 2.29. The topological polar surface area (TPSA) is 116 Å². The van der Waals surface area contributed by atoms with Crippen molar-refractivity contribution < 1.29 is 18.4 Å². The normalized spacial score (nSPS) is 15.4. The Morgan fingerprint density at radius 1 is 0.966 bits per heavy atom. The quantitative estimate of drug-likeness (QED) is 0.489. The predicted molar refractivity (Wildman–Crippen MR) is 106 cm³/mol. The number of anilines is 1. The maximum Gasteiger partial charge on any atom is 0.312 e. The fraction of sp³-hybridized carbons (Fsp3) is 0.211. The molecule has 0 radical (unpaired) electrons. The Bertz CT molecular complexity index is 1140. The van der Waals surface area contributed by atoms with Crippen LogP contribution in [-0.4, -0.2) is 60.0 Å². The van der Waals surface area contributed by atoms with Gasteiger partial charge in [-0.3, -0.25) is 10.0 Å². The first-order valence-corrected chi connectivity index (χ1v) is 10.4. The summed E-state index contributed by atoms with van der Waals surface area (Å²) in [5.41, 5.74) is 2.16. The Hall–Kier alpha value is -3.08. The molecule has 1 fully saturated rings. The molecule has 0 atom stereocenters. The zero-order valence-corrected chi connectivity index (χ0v) is 16.2. The maximum absolute atomic E-state index is 13.0. The molecule has 0 bridgehead atoms. The first-order valence-electron chi connectivity index (χ1n) is 8.99. The number of hydrogen-bond donors (Lipinski definition) is 2. The Balaban J connectivity index is 1.47. The molecule has 9 nitrogen and oxygen atoms in total. The highest BCUT2D eigenvalue weighted by atomic mass is 32.2. The van der Waals surface area contributed by atoms with Crippen molar-refractivity contribution in [2.24, 2.45) is 0 Å². The summed E-state index contributed by atoms with van der Waals surface area (Å²) in [6, 6.07) is 12.8. The second-order valence-electron chi connectivity index (χ2n) is 6.61. The van der Waals surface area contributed by atoms with E-state index >= 15 is 0 Å². The third-order valence-electron chi connectivity index (χ3n) is 4.91. The van der Waals surface area contributed by atoms with Crippen LogP contribution in [-0.2, 0) is 10.0 Å². The Labute approximate surface area is 167 Å². The summed E-state index contributed by atoms with van der Waals surface area (Å²) >= 11 is 0. The van der Waals surface area contributed by atoms with E-state index in [0.29, 0.717) is 31.9 Å². The van der Waals surface area contributed by atoms with Gasteiger partial charge in [0.1, 0.15) is 0 Å². The van der Waals surface area contributed by atoms with Crippen LogP contribution in [0.5, 0.6) is 0 Å². The third kappa shape index (κ3) is 3.77. The second-order valence-corrected chi connectivity index (χ2v) is 8.54. The Morgan fingerprint density at radius 3 is 2.28 bits per heavy atom. The molecule has 29 heavy (non-hydrogen) atoms. The van der Waals surface area contributed by atoms with Crippen LogP contribution in [0.1, 0.15) is 10.6 Å². The van der Waals surface area contributed by atoms with Crippen molar-refractivity contribution in [1.29, 1.82) is 0 Å². The van der Waals surface area contributed by atoms with Gasteiger partial charge in [-0.25, -0.2) is 23.9 Å². The Kier molecular flexibility index (Phi) is 5.14. The lowest BCUT2D eigenvalue weighted by Crippen LogP contribution is -2.48. The van der Waals surface area contributed by atoms with Gasteiger partial charge in [-0.1, -0.05) is 30.3 Å². The molecule has 4 rings (SSSR count). The molecule has 0 saturated carbocycles. The zero-order valence-electron chi connectivity index (χ0n) is 15.4. The van der Waals surface area contributed by atoms with Gasteiger partial charge in [-0.05, 0) is 22.9 Å². The van der Waals surface area contributed by atoms with E-state index < -0.39 is 15.9 Å². The van der Waals surface area contributed by atoms with Crippen LogP contribution < -0.4 is 10.4 Å². The molecule has 1 saturated heterocycles. The van der Waals surface area contributed by atoms with Crippen LogP contribution in [0.4, 0.5) is 5.69 Å². The monoisotopic (exact) mass is 413 g/mol. The summed E-state index contributed by atoms with van der Waals surface area (Å²) in [5, 5.41) is 10.5. The lowest BCUT2D eigenvalue weighted by atomic mass is 10.1. The molecular formula is C19H19N5O4S. The fourth-order valence-corrected chi connectivity index (χ4v) is 4.77. The van der Waals surface area contributed by atoms with Gasteiger partial charge < -0.3 is 4.90 Å². The van der Waals surface area contributed by atoms with Crippen molar-refractivity contribution >= 4 is 32.4 Å². The maximum atomic E-state index is 13.0. The zero-order chi connectivity index (χ0) is 20.4. The summed E-state index contributed by atoms with van der Waals surface area (Å²) in [7, 11) is -3.59. The van der Waals surface area contributed by atoms with Crippen LogP contribution in [0.15, 0.2) is 59.8 Å². The molecule has 150 valence electrons. The number of nitrogens with one attached hydrogen (secondary N) is 1. The average molecular weight is 413 g/mol. The second kappa shape index (κ2) is 7.74. The van der Waals surface area contributed by atoms with Gasteiger partial charge >= 0.3 is 5.91 Å². The van der Waals surface area contributed by atoms with Crippen LogP contribution >= 0.6 is 0 Å². The number of rotatable bonds is 4. The minimum absolute atomic E-state index is 0.145. The SMILES string of the molecule is O=C(NO)c1ncc(N2CCN(S(=O)(=O)c3ccc4ccccc4c3)CC2)cn1. The van der Waals surface area contributed by atoms with E-state index in [2.05, 4.69) is 9.97 Å². The van der Waals surface area contributed by atoms with Crippen LogP contribution in [0.3, 0.4) is 0 Å². The van der Waals surface area contributed by atoms with E-state index in [9.17, 15) is 13.2 Å². The molecule has 2 heterocycles. The van der Waals surface area contributed by atoms with Crippen LogP contribution in [0.25, 0.3) is 10.8 Å². The molecule has 1 aliphatic heterocycles. The molecule has 2 aromatic carbocycles. The number of hydrogen-bond acceptors (Lipinski definition) is 7. The molecule has 10 heteroatoms. The summed E-state index contributed by atoms with van der Waals surface area (Å²) < 4.78 is 27.6. The number of aromatic nitrogens is 2. The van der Waals surface area contributed by atoms with Gasteiger partial charge in [0.05, 0.1) is 23.0 Å². The molecule has 0 aliphatic carbocycles. The lowest BCUT2D eigenvalue weighted by Gasteiger charge is -2.35. The average Bonchev–Trinajstić information content (AvgIpc) is 2.78. The smallest absolute Gasteiger partial charge is 0.312 e. The molecule has 1 aliphatic rings. The van der Waals surface area contributed by atoms with Gasteiger partial charge in [-0.2, -0.15) is 4.31 Å². The van der Waals surface area contributed by atoms with E-state index in [1.165, 1.54) is 22.2 Å². The van der Waals surface area contributed by atoms with Crippen LogP contribution in [0, 0.1) is 0 Å². The number of carbonyl (C=O) groups excluding carboxylic acids is 1. The van der Waals surface area contributed by atoms with Gasteiger partial charge in [0.25, 0.3) is 0 Å². The number of amides is 1. The number of benzene rings is 2. The van der Waals surface area contributed by atoms with Gasteiger partial charge in [0.2, 0.25) is 15.8 Å². The van der Waals surface area contributed by atoms with Crippen molar-refractivity contribution in [2.45, 2.75) is 4.90 Å². The first kappa shape index (κ1) is 19.2. The van der Waals surface area contributed by atoms with Crippen molar-refractivity contribution in [2.75, 3.05) is 31.1 Å². The molecule has 2 N–H and O–H groups in total. The summed E-state index contributed by atoms with van der Waals surface area (Å²) in [5.74, 6) is -0.934. The van der Waals surface area contributed by atoms with Gasteiger partial charge in [0.15, 0.2) is 0 Å². The Morgan fingerprint density at radius 2 is 1.62 bits per heavy atom. The summed E-state index contributed by atoms with van der Waals surface area (Å²) in [4.78, 5) is 21.4. The number of nitrogens with zero attached hydrogens (tertiary/aromatic N) is 4. The van der Waals surface area contributed by atoms with E-state index in [1.807, 2.05) is 35.2 Å². The van der Waals surface area contributed by atoms with Crippen molar-refractivity contribution in [3.05, 3.63) is 60.7 Å². The molecule has 0 unspecified atom stereocenters. The van der Waals surface area contributed by atoms with Gasteiger partial charge in [-0.15, -0.1) is 0 Å². The molecular weight excluding hydrogens is 394 g/mol. The first-order chi connectivity index (χ1) is 14.0. The summed E-state index contributed by atoms with van der Waals surface area (Å²) in [6.07, 6.45) is 2.95. The number of carbonyl (C=O) groups is 1. The number of sulfonamides is 1. The molecule has 1 amide bonds. The number of piperazine rings is 1. The minimum atomic E-state index is -3.59. The fourth-order valence-electron chi connectivity index (χ4n) is 3.32. The highest BCUT2D eigenvalue weighted by Crippen LogP contribution is 2.24. The number of fused-ring (bicyclic) bond motifs is 1. The van der Waals surface area contributed by atoms with Crippen molar-refractivity contribution in [3.8, 4) is 0 Å². The lowest BCUT2D eigenvalue weighted by molar-refractivity contribution is 0.0694. The summed E-state index contributed by atoms with van der Waals surface area (Å²) in [6.45, 7) is 1.60. The van der Waals surface area contributed by atoms with Crippen molar-refractivity contribution in [3.63, 3.8) is 0 Å². The largest absolute Gasteiger partial charge is 0.366 e. The van der Waals surface area contributed by atoms with Gasteiger partial charge in [0, 0.05) is 26.2 Å². The van der Waals surface area contributed by atoms with E-state index in [0.717, 1.165) is 10.8 Å².